The summed E-state index contributed by atoms with van der Waals surface area (Å²) in [6, 6.07) is 0. The molecule has 8 nitrogen and oxygen atoms in total. The predicted octanol–water partition coefficient (Wildman–Crippen LogP) is 2.50. The number of nitrogens with zero attached hydrogens (tertiary/aromatic N) is 4. The summed E-state index contributed by atoms with van der Waals surface area (Å²) >= 11 is 1.50. The largest absolute Gasteiger partial charge is 0.358 e. The van der Waals surface area contributed by atoms with E-state index in [1.165, 1.54) is 11.3 Å². The van der Waals surface area contributed by atoms with Crippen molar-refractivity contribution < 1.29 is 4.92 Å². The molecule has 2 rings (SSSR count). The summed E-state index contributed by atoms with van der Waals surface area (Å²) in [5.41, 5.74) is 1.15. The first-order chi connectivity index (χ1) is 10.0. The molecule has 112 valence electrons. The normalized spacial score (nSPS) is 10.4. The Bertz CT molecular complexity index is 657. The lowest BCUT2D eigenvalue weighted by Crippen LogP contribution is -2.11. The number of aromatic nitrogens is 3. The zero-order chi connectivity index (χ0) is 15.4. The van der Waals surface area contributed by atoms with Crippen LogP contribution in [0.2, 0.25) is 0 Å². The van der Waals surface area contributed by atoms with Crippen LogP contribution in [-0.4, -0.2) is 26.4 Å². The Kier molecular flexibility index (Phi) is 4.63. The Morgan fingerprint density at radius 1 is 1.29 bits per heavy atom. The van der Waals surface area contributed by atoms with Crippen molar-refractivity contribution in [1.29, 1.82) is 0 Å². The predicted molar refractivity (Wildman–Crippen MR) is 81.8 cm³/mol. The van der Waals surface area contributed by atoms with Gasteiger partial charge in [-0.2, -0.15) is 4.98 Å². The number of nitrogens with one attached hydrogen (secondary N) is 2. The molecule has 0 aliphatic carbocycles. The van der Waals surface area contributed by atoms with Crippen molar-refractivity contribution in [3.05, 3.63) is 31.9 Å². The van der Waals surface area contributed by atoms with Gasteiger partial charge in [0, 0.05) is 17.6 Å². The molecule has 0 amide bonds. The van der Waals surface area contributed by atoms with Crippen LogP contribution in [0.1, 0.15) is 23.3 Å². The third-order valence-corrected chi connectivity index (χ3v) is 3.62. The molecule has 0 aliphatic heterocycles. The lowest BCUT2D eigenvalue weighted by atomic mass is 10.3. The fraction of sp³-hybridized carbons (Fsp3) is 0.417. The molecule has 0 aromatic carbocycles. The van der Waals surface area contributed by atoms with Gasteiger partial charge >= 0.3 is 5.69 Å². The number of hydrogen-bond acceptors (Lipinski definition) is 8. The van der Waals surface area contributed by atoms with Crippen molar-refractivity contribution in [3.63, 3.8) is 0 Å². The fourth-order valence-electron chi connectivity index (χ4n) is 1.79. The standard InChI is InChI=1S/C12H16N6O2S/c1-4-13-12-16-8(3)10(18(19)20)11(17-12)14-5-9-15-7(2)6-21-9/h6H,4-5H2,1-3H3,(H2,13,14,16,17). The highest BCUT2D eigenvalue weighted by Crippen LogP contribution is 2.27. The molecule has 0 atom stereocenters. The second kappa shape index (κ2) is 6.44. The van der Waals surface area contributed by atoms with E-state index in [1.807, 2.05) is 19.2 Å². The van der Waals surface area contributed by atoms with Gasteiger partial charge in [-0.15, -0.1) is 11.3 Å². The minimum Gasteiger partial charge on any atom is -0.358 e. The fourth-order valence-corrected chi connectivity index (χ4v) is 2.50. The molecule has 0 unspecified atom stereocenters. The van der Waals surface area contributed by atoms with Crippen LogP contribution >= 0.6 is 11.3 Å². The molecule has 0 aliphatic rings. The number of rotatable bonds is 6. The molecule has 2 N–H and O–H groups in total. The van der Waals surface area contributed by atoms with Gasteiger partial charge in [-0.05, 0) is 20.8 Å². The van der Waals surface area contributed by atoms with Crippen molar-refractivity contribution in [2.24, 2.45) is 0 Å². The molecular formula is C12H16N6O2S. The Hall–Kier alpha value is -2.29. The second-order valence-corrected chi connectivity index (χ2v) is 5.30. The molecule has 9 heteroatoms. The average Bonchev–Trinajstić information content (AvgIpc) is 2.81. The minimum atomic E-state index is -0.472. The summed E-state index contributed by atoms with van der Waals surface area (Å²) in [5, 5.41) is 19.9. The molecule has 0 saturated carbocycles. The second-order valence-electron chi connectivity index (χ2n) is 4.35. The number of anilines is 2. The zero-order valence-electron chi connectivity index (χ0n) is 12.0. The van der Waals surface area contributed by atoms with Crippen LogP contribution in [-0.2, 0) is 6.54 Å². The van der Waals surface area contributed by atoms with E-state index < -0.39 is 4.92 Å². The van der Waals surface area contributed by atoms with Gasteiger partial charge < -0.3 is 10.6 Å². The van der Waals surface area contributed by atoms with E-state index in [0.29, 0.717) is 24.7 Å². The highest BCUT2D eigenvalue weighted by Gasteiger charge is 2.22. The monoisotopic (exact) mass is 308 g/mol. The zero-order valence-corrected chi connectivity index (χ0v) is 12.8. The van der Waals surface area contributed by atoms with Crippen LogP contribution in [0.15, 0.2) is 5.38 Å². The maximum Gasteiger partial charge on any atom is 0.332 e. The summed E-state index contributed by atoms with van der Waals surface area (Å²) in [6.45, 7) is 6.44. The quantitative estimate of drug-likeness (QED) is 0.623. The third kappa shape index (κ3) is 3.63. The van der Waals surface area contributed by atoms with Crippen LogP contribution in [0.5, 0.6) is 0 Å². The van der Waals surface area contributed by atoms with Crippen molar-refractivity contribution in [2.45, 2.75) is 27.3 Å². The number of thiazole rings is 1. The van der Waals surface area contributed by atoms with E-state index in [1.54, 1.807) is 6.92 Å². The van der Waals surface area contributed by atoms with Crippen molar-refractivity contribution >= 4 is 28.8 Å². The van der Waals surface area contributed by atoms with Gasteiger partial charge in [0.05, 0.1) is 11.5 Å². The van der Waals surface area contributed by atoms with E-state index in [9.17, 15) is 10.1 Å². The molecule has 21 heavy (non-hydrogen) atoms. The average molecular weight is 308 g/mol. The maximum absolute atomic E-state index is 11.2. The lowest BCUT2D eigenvalue weighted by Gasteiger charge is -2.09. The van der Waals surface area contributed by atoms with Crippen LogP contribution in [0.25, 0.3) is 0 Å². The Morgan fingerprint density at radius 2 is 2.05 bits per heavy atom. The van der Waals surface area contributed by atoms with E-state index in [4.69, 9.17) is 0 Å². The van der Waals surface area contributed by atoms with E-state index >= 15 is 0 Å². The first-order valence-corrected chi connectivity index (χ1v) is 7.31. The SMILES string of the molecule is CCNc1nc(C)c([N+](=O)[O-])c(NCc2nc(C)cs2)n1. The van der Waals surface area contributed by atoms with Gasteiger partial charge in [0.1, 0.15) is 10.7 Å². The molecule has 0 radical (unpaired) electrons. The van der Waals surface area contributed by atoms with Gasteiger partial charge in [0.2, 0.25) is 11.8 Å². The number of aryl methyl sites for hydroxylation is 2. The van der Waals surface area contributed by atoms with Gasteiger partial charge in [0.25, 0.3) is 0 Å². The van der Waals surface area contributed by atoms with E-state index in [-0.39, 0.29) is 11.5 Å². The smallest absolute Gasteiger partial charge is 0.332 e. The van der Waals surface area contributed by atoms with Crippen LogP contribution < -0.4 is 10.6 Å². The Morgan fingerprint density at radius 3 is 2.62 bits per heavy atom. The first kappa shape index (κ1) is 15.1. The van der Waals surface area contributed by atoms with Crippen LogP contribution in [0.3, 0.4) is 0 Å². The Balaban J connectivity index is 2.28. The molecule has 0 spiro atoms. The lowest BCUT2D eigenvalue weighted by molar-refractivity contribution is -0.385. The van der Waals surface area contributed by atoms with Crippen LogP contribution in [0.4, 0.5) is 17.5 Å². The summed E-state index contributed by atoms with van der Waals surface area (Å²) in [5.74, 6) is 0.578. The van der Waals surface area contributed by atoms with Crippen LogP contribution in [0, 0.1) is 24.0 Å². The van der Waals surface area contributed by atoms with Crippen molar-refractivity contribution in [3.8, 4) is 0 Å². The summed E-state index contributed by atoms with van der Waals surface area (Å²) in [4.78, 5) is 23.3. The van der Waals surface area contributed by atoms with Gasteiger partial charge in [-0.25, -0.2) is 9.97 Å². The van der Waals surface area contributed by atoms with Gasteiger partial charge in [0.15, 0.2) is 0 Å². The minimum absolute atomic E-state index is 0.107. The molecule has 0 fully saturated rings. The summed E-state index contributed by atoms with van der Waals surface area (Å²) in [6.07, 6.45) is 0. The van der Waals surface area contributed by atoms with E-state index in [0.717, 1.165) is 10.7 Å². The van der Waals surface area contributed by atoms with Crippen molar-refractivity contribution in [1.82, 2.24) is 15.0 Å². The third-order valence-electron chi connectivity index (χ3n) is 2.65. The molecular weight excluding hydrogens is 292 g/mol. The van der Waals surface area contributed by atoms with Gasteiger partial charge in [-0.3, -0.25) is 10.1 Å². The first-order valence-electron chi connectivity index (χ1n) is 6.43. The van der Waals surface area contributed by atoms with Gasteiger partial charge in [-0.1, -0.05) is 0 Å². The Labute approximate surface area is 125 Å². The van der Waals surface area contributed by atoms with E-state index in [2.05, 4.69) is 25.6 Å². The topological polar surface area (TPSA) is 106 Å². The molecule has 2 aromatic heterocycles. The summed E-state index contributed by atoms with van der Waals surface area (Å²) < 4.78 is 0. The maximum atomic E-state index is 11.2. The molecule has 2 heterocycles. The number of hydrogen-bond donors (Lipinski definition) is 2. The molecule has 0 bridgehead atoms. The summed E-state index contributed by atoms with van der Waals surface area (Å²) in [7, 11) is 0. The molecule has 0 saturated heterocycles. The highest BCUT2D eigenvalue weighted by molar-refractivity contribution is 7.09. The number of nitro groups is 1. The highest BCUT2D eigenvalue weighted by atomic mass is 32.1. The van der Waals surface area contributed by atoms with Crippen molar-refractivity contribution in [2.75, 3.05) is 17.2 Å². The molecule has 2 aromatic rings.